The predicted octanol–water partition coefficient (Wildman–Crippen LogP) is 5.23. The first-order chi connectivity index (χ1) is 16.6. The van der Waals surface area contributed by atoms with Crippen molar-refractivity contribution in [3.05, 3.63) is 101 Å². The number of amides is 1. The monoisotopic (exact) mass is 449 g/mol. The molecule has 0 fully saturated rings. The number of carbonyl (C=O) groups is 1. The number of hydrogen-bond donors (Lipinski definition) is 2. The second-order valence-corrected chi connectivity index (χ2v) is 7.64. The summed E-state index contributed by atoms with van der Waals surface area (Å²) in [4.78, 5) is 26.1. The summed E-state index contributed by atoms with van der Waals surface area (Å²) in [6.45, 7) is 0. The fourth-order valence-corrected chi connectivity index (χ4v) is 3.95. The first kappa shape index (κ1) is 21.0. The number of para-hydroxylation sites is 1. The number of benzene rings is 3. The first-order valence-electron chi connectivity index (χ1n) is 10.5. The van der Waals surface area contributed by atoms with E-state index >= 15 is 0 Å². The van der Waals surface area contributed by atoms with Crippen molar-refractivity contribution < 1.29 is 9.90 Å². The van der Waals surface area contributed by atoms with Gasteiger partial charge in [0.05, 0.1) is 11.2 Å². The van der Waals surface area contributed by atoms with Gasteiger partial charge >= 0.3 is 5.91 Å². The molecule has 0 atom stereocenters. The van der Waals surface area contributed by atoms with Gasteiger partial charge in [-0.05, 0) is 11.6 Å². The van der Waals surface area contributed by atoms with Gasteiger partial charge in [0, 0.05) is 23.6 Å². The fourth-order valence-electron chi connectivity index (χ4n) is 3.95. The molecule has 2 aromatic heterocycles. The lowest BCUT2D eigenvalue weighted by Crippen LogP contribution is -2.20. The van der Waals surface area contributed by atoms with Crippen molar-refractivity contribution in [3.63, 3.8) is 0 Å². The quantitative estimate of drug-likeness (QED) is 0.366. The van der Waals surface area contributed by atoms with E-state index in [0.717, 1.165) is 11.1 Å². The van der Waals surface area contributed by atoms with E-state index in [1.54, 1.807) is 35.9 Å². The number of azo groups is 1. The molecular formula is C26H19N5O3. The summed E-state index contributed by atoms with van der Waals surface area (Å²) in [5, 5.41) is 25.7. The maximum absolute atomic E-state index is 13.3. The maximum atomic E-state index is 13.3. The summed E-state index contributed by atoms with van der Waals surface area (Å²) >= 11 is 0. The van der Waals surface area contributed by atoms with E-state index in [1.807, 2.05) is 60.7 Å². The van der Waals surface area contributed by atoms with Gasteiger partial charge in [0.15, 0.2) is 5.69 Å². The Balaban J connectivity index is 1.68. The number of H-pyrrole nitrogens is 1. The van der Waals surface area contributed by atoms with Crippen LogP contribution in [0.3, 0.4) is 0 Å². The summed E-state index contributed by atoms with van der Waals surface area (Å²) in [5.74, 6) is -0.971. The molecule has 5 rings (SSSR count). The van der Waals surface area contributed by atoms with Gasteiger partial charge in [-0.25, -0.2) is 5.10 Å². The summed E-state index contributed by atoms with van der Waals surface area (Å²) in [6.07, 6.45) is 0. The largest absolute Gasteiger partial charge is 0.493 e. The molecule has 3 aromatic carbocycles. The van der Waals surface area contributed by atoms with Gasteiger partial charge < -0.3 is 9.67 Å². The van der Waals surface area contributed by atoms with E-state index in [9.17, 15) is 14.7 Å². The molecule has 34 heavy (non-hydrogen) atoms. The highest BCUT2D eigenvalue weighted by molar-refractivity contribution is 6.04. The van der Waals surface area contributed by atoms with E-state index in [4.69, 9.17) is 0 Å². The molecule has 0 aliphatic rings. The minimum atomic E-state index is -0.841. The van der Waals surface area contributed by atoms with Crippen LogP contribution in [0.2, 0.25) is 0 Å². The van der Waals surface area contributed by atoms with Gasteiger partial charge in [0.2, 0.25) is 5.88 Å². The number of aryl methyl sites for hydroxylation is 1. The SMILES string of the molecule is Cn1c(O)c(N=NC(=O)c2c(-c3ccccc3)c(-c3ccccc3)n[nH]c2=O)c2ccccc21. The number of aromatic hydroxyl groups is 1. The van der Waals surface area contributed by atoms with Gasteiger partial charge in [0.1, 0.15) is 5.56 Å². The number of aromatic nitrogens is 3. The van der Waals surface area contributed by atoms with E-state index in [2.05, 4.69) is 20.4 Å². The summed E-state index contributed by atoms with van der Waals surface area (Å²) < 4.78 is 1.55. The number of carbonyl (C=O) groups excluding carboxylic acids is 1. The zero-order valence-corrected chi connectivity index (χ0v) is 18.1. The Hall–Kier alpha value is -4.85. The Morgan fingerprint density at radius 2 is 1.53 bits per heavy atom. The van der Waals surface area contributed by atoms with Crippen molar-refractivity contribution >= 4 is 22.5 Å². The molecule has 0 saturated heterocycles. The van der Waals surface area contributed by atoms with E-state index in [-0.39, 0.29) is 17.1 Å². The average molecular weight is 449 g/mol. The van der Waals surface area contributed by atoms with Gasteiger partial charge in [-0.1, -0.05) is 78.9 Å². The predicted molar refractivity (Wildman–Crippen MR) is 129 cm³/mol. The summed E-state index contributed by atoms with van der Waals surface area (Å²) in [5.41, 5.74) is 2.22. The van der Waals surface area contributed by atoms with Crippen LogP contribution in [-0.2, 0) is 7.05 Å². The molecule has 5 aromatic rings. The molecule has 2 heterocycles. The molecule has 0 radical (unpaired) electrons. The number of nitrogens with zero attached hydrogens (tertiary/aromatic N) is 4. The number of nitrogens with one attached hydrogen (secondary N) is 1. The smallest absolute Gasteiger partial charge is 0.301 e. The Kier molecular flexibility index (Phi) is 5.31. The Morgan fingerprint density at radius 1 is 0.912 bits per heavy atom. The van der Waals surface area contributed by atoms with Gasteiger partial charge in [0.25, 0.3) is 5.56 Å². The van der Waals surface area contributed by atoms with Crippen molar-refractivity contribution in [1.82, 2.24) is 14.8 Å². The van der Waals surface area contributed by atoms with Crippen molar-refractivity contribution in [2.24, 2.45) is 17.3 Å². The molecule has 0 saturated carbocycles. The highest BCUT2D eigenvalue weighted by Gasteiger charge is 2.23. The third kappa shape index (κ3) is 3.57. The average Bonchev–Trinajstić information content (AvgIpc) is 3.12. The lowest BCUT2D eigenvalue weighted by molar-refractivity contribution is 0.0994. The van der Waals surface area contributed by atoms with Gasteiger partial charge in [-0.3, -0.25) is 9.59 Å². The molecule has 0 aliphatic heterocycles. The minimum Gasteiger partial charge on any atom is -0.493 e. The third-order valence-electron chi connectivity index (χ3n) is 5.60. The van der Waals surface area contributed by atoms with Crippen LogP contribution in [0.25, 0.3) is 33.3 Å². The molecule has 2 N–H and O–H groups in total. The molecule has 166 valence electrons. The molecule has 1 amide bonds. The molecule has 0 spiro atoms. The van der Waals surface area contributed by atoms with E-state index in [1.165, 1.54) is 0 Å². The topological polar surface area (TPSA) is 113 Å². The van der Waals surface area contributed by atoms with Crippen LogP contribution in [-0.4, -0.2) is 25.8 Å². The van der Waals surface area contributed by atoms with Crippen LogP contribution in [0.15, 0.2) is 100.0 Å². The van der Waals surface area contributed by atoms with Crippen molar-refractivity contribution in [1.29, 1.82) is 0 Å². The van der Waals surface area contributed by atoms with Crippen LogP contribution in [0.1, 0.15) is 10.4 Å². The fraction of sp³-hybridized carbons (Fsp3) is 0.0385. The standard InChI is InChI=1S/C26H19N5O3/c1-31-19-15-9-8-14-18(19)23(26(31)34)28-30-25(33)21-20(16-10-4-2-5-11-16)22(27-29-24(21)32)17-12-6-3-7-13-17/h2-15,34H,1H3,(H,29,32). The molecule has 0 unspecified atom stereocenters. The molecule has 0 bridgehead atoms. The van der Waals surface area contributed by atoms with Crippen LogP contribution in [0.4, 0.5) is 5.69 Å². The number of aromatic amines is 1. The minimum absolute atomic E-state index is 0.130. The van der Waals surface area contributed by atoms with Gasteiger partial charge in [-0.2, -0.15) is 5.10 Å². The molecule has 8 heteroatoms. The Bertz CT molecular complexity index is 1600. The van der Waals surface area contributed by atoms with Crippen LogP contribution in [0, 0.1) is 0 Å². The van der Waals surface area contributed by atoms with Crippen LogP contribution in [0.5, 0.6) is 5.88 Å². The molecule has 0 aliphatic carbocycles. The number of rotatable bonds is 4. The maximum Gasteiger partial charge on any atom is 0.301 e. The molecular weight excluding hydrogens is 430 g/mol. The normalized spacial score (nSPS) is 11.3. The van der Waals surface area contributed by atoms with Gasteiger partial charge in [-0.15, -0.1) is 10.2 Å². The van der Waals surface area contributed by atoms with Crippen molar-refractivity contribution in [2.75, 3.05) is 0 Å². The zero-order valence-electron chi connectivity index (χ0n) is 18.1. The second-order valence-electron chi connectivity index (χ2n) is 7.64. The number of fused-ring (bicyclic) bond motifs is 1. The lowest BCUT2D eigenvalue weighted by Gasteiger charge is -2.11. The van der Waals surface area contributed by atoms with Crippen molar-refractivity contribution in [2.45, 2.75) is 0 Å². The summed E-state index contributed by atoms with van der Waals surface area (Å²) in [6, 6.07) is 25.6. The van der Waals surface area contributed by atoms with E-state index < -0.39 is 11.5 Å². The second kappa shape index (κ2) is 8.59. The Labute approximate surface area is 193 Å². The molecule has 8 nitrogen and oxygen atoms in total. The highest BCUT2D eigenvalue weighted by atomic mass is 16.3. The highest BCUT2D eigenvalue weighted by Crippen LogP contribution is 2.38. The lowest BCUT2D eigenvalue weighted by atomic mass is 9.95. The van der Waals surface area contributed by atoms with Crippen LogP contribution < -0.4 is 5.56 Å². The van der Waals surface area contributed by atoms with Crippen molar-refractivity contribution in [3.8, 4) is 28.3 Å². The Morgan fingerprint density at radius 3 is 2.24 bits per heavy atom. The number of hydrogen-bond acceptors (Lipinski definition) is 5. The zero-order chi connectivity index (χ0) is 23.7. The van der Waals surface area contributed by atoms with E-state index in [0.29, 0.717) is 22.2 Å². The first-order valence-corrected chi connectivity index (χ1v) is 10.5. The third-order valence-corrected chi connectivity index (χ3v) is 5.60. The van der Waals surface area contributed by atoms with Crippen LogP contribution >= 0.6 is 0 Å². The summed E-state index contributed by atoms with van der Waals surface area (Å²) in [7, 11) is 1.69.